The Morgan fingerprint density at radius 3 is 2.93 bits per heavy atom. The molecule has 1 heterocycles. The molecule has 0 aromatic rings. The Balaban J connectivity index is 2.06. The number of aliphatic hydroxyl groups excluding tert-OH is 1. The van der Waals surface area contributed by atoms with Crippen LogP contribution in [0.3, 0.4) is 0 Å². The number of hydrazone groups is 1. The number of hydrogen-bond donors (Lipinski definition) is 2. The third kappa shape index (κ3) is 2.33. The normalized spacial score (nSPS) is 40.8. The van der Waals surface area contributed by atoms with Gasteiger partial charge in [-0.05, 0) is 37.0 Å². The number of aliphatic hydroxyl groups is 1. The van der Waals surface area contributed by atoms with Crippen molar-refractivity contribution in [3.05, 3.63) is 0 Å². The minimum absolute atomic E-state index is 0.117. The van der Waals surface area contributed by atoms with Gasteiger partial charge in [-0.25, -0.2) is 0 Å². The van der Waals surface area contributed by atoms with Crippen molar-refractivity contribution in [1.29, 1.82) is 0 Å². The fraction of sp³-hybridized carbons (Fsp3) is 0.917. The van der Waals surface area contributed by atoms with Gasteiger partial charge in [0.1, 0.15) is 0 Å². The number of rotatable bonds is 1. The number of nitrogens with zero attached hydrogens (tertiary/aromatic N) is 1. The molecule has 2 rings (SSSR count). The van der Waals surface area contributed by atoms with Crippen molar-refractivity contribution in [2.24, 2.45) is 28.8 Å². The first-order valence-electron chi connectivity index (χ1n) is 6.12. The summed E-state index contributed by atoms with van der Waals surface area (Å²) >= 11 is 0. The Labute approximate surface area is 92.0 Å². The molecular formula is C12H22N2O. The van der Waals surface area contributed by atoms with E-state index in [2.05, 4.69) is 24.4 Å². The van der Waals surface area contributed by atoms with Gasteiger partial charge in [-0.2, -0.15) is 5.10 Å². The van der Waals surface area contributed by atoms with E-state index >= 15 is 0 Å². The van der Waals surface area contributed by atoms with Crippen molar-refractivity contribution in [3.8, 4) is 0 Å². The molecule has 3 nitrogen and oxygen atoms in total. The number of nitrogens with one attached hydrogen (secondary N) is 1. The SMILES string of the molecule is CC(C)C1CC[C@H]2C=NNCC2CC1O. The highest BCUT2D eigenvalue weighted by Crippen LogP contribution is 2.35. The van der Waals surface area contributed by atoms with E-state index in [1.807, 2.05) is 6.21 Å². The highest BCUT2D eigenvalue weighted by atomic mass is 16.3. The molecule has 0 aromatic heterocycles. The second-order valence-electron chi connectivity index (χ2n) is 5.35. The molecule has 3 unspecified atom stereocenters. The van der Waals surface area contributed by atoms with Gasteiger partial charge < -0.3 is 10.5 Å². The van der Waals surface area contributed by atoms with Crippen molar-refractivity contribution in [2.75, 3.05) is 6.54 Å². The largest absolute Gasteiger partial charge is 0.393 e. The molecule has 2 N–H and O–H groups in total. The van der Waals surface area contributed by atoms with Crippen LogP contribution in [0, 0.1) is 23.7 Å². The van der Waals surface area contributed by atoms with Crippen molar-refractivity contribution >= 4 is 6.21 Å². The maximum atomic E-state index is 10.2. The molecule has 0 amide bonds. The van der Waals surface area contributed by atoms with Crippen molar-refractivity contribution in [2.45, 2.75) is 39.2 Å². The first kappa shape index (κ1) is 10.9. The average molecular weight is 210 g/mol. The molecule has 0 radical (unpaired) electrons. The number of hydrogen-bond acceptors (Lipinski definition) is 3. The Hall–Kier alpha value is -0.570. The van der Waals surface area contributed by atoms with Gasteiger partial charge in [-0.15, -0.1) is 0 Å². The molecule has 1 aliphatic heterocycles. The quantitative estimate of drug-likeness (QED) is 0.691. The van der Waals surface area contributed by atoms with Gasteiger partial charge in [0.15, 0.2) is 0 Å². The monoisotopic (exact) mass is 210 g/mol. The summed E-state index contributed by atoms with van der Waals surface area (Å²) in [4.78, 5) is 0. The van der Waals surface area contributed by atoms with Crippen LogP contribution in [0.25, 0.3) is 0 Å². The maximum Gasteiger partial charge on any atom is 0.0574 e. The minimum atomic E-state index is -0.117. The van der Waals surface area contributed by atoms with Crippen molar-refractivity contribution < 1.29 is 5.11 Å². The van der Waals surface area contributed by atoms with Gasteiger partial charge >= 0.3 is 0 Å². The van der Waals surface area contributed by atoms with Crippen LogP contribution >= 0.6 is 0 Å². The summed E-state index contributed by atoms with van der Waals surface area (Å²) in [6, 6.07) is 0. The van der Waals surface area contributed by atoms with Crippen LogP contribution in [0.5, 0.6) is 0 Å². The molecule has 0 saturated heterocycles. The van der Waals surface area contributed by atoms with E-state index in [1.165, 1.54) is 6.42 Å². The average Bonchev–Trinajstić information content (AvgIpc) is 2.35. The number of fused-ring (bicyclic) bond motifs is 1. The topological polar surface area (TPSA) is 44.6 Å². The first-order valence-corrected chi connectivity index (χ1v) is 6.12. The van der Waals surface area contributed by atoms with E-state index in [-0.39, 0.29) is 6.10 Å². The zero-order valence-electron chi connectivity index (χ0n) is 9.69. The van der Waals surface area contributed by atoms with Crippen LogP contribution in [0.4, 0.5) is 0 Å². The zero-order valence-corrected chi connectivity index (χ0v) is 9.69. The lowest BCUT2D eigenvalue weighted by atomic mass is 9.86. The lowest BCUT2D eigenvalue weighted by molar-refractivity contribution is 0.0651. The second-order valence-corrected chi connectivity index (χ2v) is 5.35. The molecule has 0 spiro atoms. The van der Waals surface area contributed by atoms with E-state index in [0.717, 1.165) is 19.4 Å². The maximum absolute atomic E-state index is 10.2. The molecule has 1 aliphatic carbocycles. The zero-order chi connectivity index (χ0) is 10.8. The molecule has 1 fully saturated rings. The van der Waals surface area contributed by atoms with E-state index in [0.29, 0.717) is 23.7 Å². The Kier molecular flexibility index (Phi) is 3.29. The lowest BCUT2D eigenvalue weighted by Gasteiger charge is -2.27. The van der Waals surface area contributed by atoms with Gasteiger partial charge in [0.05, 0.1) is 6.10 Å². The van der Waals surface area contributed by atoms with Crippen LogP contribution < -0.4 is 5.43 Å². The molecular weight excluding hydrogens is 188 g/mol. The molecule has 15 heavy (non-hydrogen) atoms. The van der Waals surface area contributed by atoms with Crippen LogP contribution in [0.2, 0.25) is 0 Å². The van der Waals surface area contributed by atoms with Crippen LogP contribution in [0.15, 0.2) is 5.10 Å². The van der Waals surface area contributed by atoms with Gasteiger partial charge in [0.2, 0.25) is 0 Å². The summed E-state index contributed by atoms with van der Waals surface area (Å²) in [5, 5.41) is 14.3. The third-order valence-electron chi connectivity index (χ3n) is 4.04. The van der Waals surface area contributed by atoms with Crippen LogP contribution in [0.1, 0.15) is 33.1 Å². The summed E-state index contributed by atoms with van der Waals surface area (Å²) < 4.78 is 0. The fourth-order valence-electron chi connectivity index (χ4n) is 3.00. The summed E-state index contributed by atoms with van der Waals surface area (Å²) in [6.07, 6.45) is 5.20. The fourth-order valence-corrected chi connectivity index (χ4v) is 3.00. The highest BCUT2D eigenvalue weighted by Gasteiger charge is 2.34. The molecule has 0 bridgehead atoms. The second kappa shape index (κ2) is 4.52. The lowest BCUT2D eigenvalue weighted by Crippen LogP contribution is -2.33. The predicted octanol–water partition coefficient (Wildman–Crippen LogP) is 1.62. The summed E-state index contributed by atoms with van der Waals surface area (Å²) in [7, 11) is 0. The molecule has 0 aromatic carbocycles. The van der Waals surface area contributed by atoms with Gasteiger partial charge in [0.25, 0.3) is 0 Å². The van der Waals surface area contributed by atoms with E-state index in [4.69, 9.17) is 0 Å². The minimum Gasteiger partial charge on any atom is -0.393 e. The summed E-state index contributed by atoms with van der Waals surface area (Å²) in [5.74, 6) is 2.24. The van der Waals surface area contributed by atoms with E-state index < -0.39 is 0 Å². The summed E-state index contributed by atoms with van der Waals surface area (Å²) in [5.41, 5.74) is 3.03. The molecule has 86 valence electrons. The standard InChI is InChI=1S/C12H22N2O/c1-8(2)11-4-3-9-6-13-14-7-10(9)5-12(11)15/h6,8-12,14-15H,3-5,7H2,1-2H3/t9-,10?,11?,12?/m0/s1. The van der Waals surface area contributed by atoms with Gasteiger partial charge in [-0.1, -0.05) is 13.8 Å². The molecule has 4 atom stereocenters. The van der Waals surface area contributed by atoms with Crippen molar-refractivity contribution in [3.63, 3.8) is 0 Å². The van der Waals surface area contributed by atoms with E-state index in [9.17, 15) is 5.11 Å². The molecule has 3 heteroatoms. The van der Waals surface area contributed by atoms with Crippen molar-refractivity contribution in [1.82, 2.24) is 5.43 Å². The van der Waals surface area contributed by atoms with E-state index in [1.54, 1.807) is 0 Å². The Bertz CT molecular complexity index is 240. The predicted molar refractivity (Wildman–Crippen MR) is 61.7 cm³/mol. The van der Waals surface area contributed by atoms with Crippen LogP contribution in [-0.2, 0) is 0 Å². The van der Waals surface area contributed by atoms with Gasteiger partial charge in [0, 0.05) is 18.7 Å². The Morgan fingerprint density at radius 1 is 1.40 bits per heavy atom. The van der Waals surface area contributed by atoms with Gasteiger partial charge in [-0.3, -0.25) is 0 Å². The first-order chi connectivity index (χ1) is 7.18. The highest BCUT2D eigenvalue weighted by molar-refractivity contribution is 5.61. The molecule has 2 aliphatic rings. The third-order valence-corrected chi connectivity index (χ3v) is 4.04. The molecule has 1 saturated carbocycles. The Morgan fingerprint density at radius 2 is 2.20 bits per heavy atom. The summed E-state index contributed by atoms with van der Waals surface area (Å²) in [6.45, 7) is 5.37. The van der Waals surface area contributed by atoms with Crippen LogP contribution in [-0.4, -0.2) is 24.0 Å². The smallest absolute Gasteiger partial charge is 0.0574 e.